The number of nitrogens with one attached hydrogen (secondary N) is 1. The van der Waals surface area contributed by atoms with Crippen LogP contribution in [0, 0.1) is 11.3 Å². The fourth-order valence-electron chi connectivity index (χ4n) is 2.57. The number of nitriles is 1. The Balaban J connectivity index is 1.70. The van der Waals surface area contributed by atoms with E-state index in [0.717, 1.165) is 5.56 Å². The molecule has 3 aromatic carbocycles. The Labute approximate surface area is 197 Å². The first-order chi connectivity index (χ1) is 14.9. The van der Waals surface area contributed by atoms with Crippen LogP contribution in [0.1, 0.15) is 11.1 Å². The summed E-state index contributed by atoms with van der Waals surface area (Å²) in [5, 5.41) is 22.2. The molecule has 156 valence electrons. The number of carbonyl (C=O) groups is 1. The van der Waals surface area contributed by atoms with E-state index in [1.807, 2.05) is 12.1 Å². The van der Waals surface area contributed by atoms with Crippen LogP contribution in [-0.4, -0.2) is 11.0 Å². The van der Waals surface area contributed by atoms with E-state index < -0.39 is 5.91 Å². The Morgan fingerprint density at radius 3 is 2.48 bits per heavy atom. The molecule has 5 nitrogen and oxygen atoms in total. The van der Waals surface area contributed by atoms with Crippen LogP contribution in [-0.2, 0) is 11.4 Å². The number of benzene rings is 3. The van der Waals surface area contributed by atoms with E-state index in [0.29, 0.717) is 38.1 Å². The Hall–Kier alpha value is -2.98. The average molecular weight is 518 g/mol. The minimum Gasteiger partial charge on any atom is -0.508 e. The highest BCUT2D eigenvalue weighted by molar-refractivity contribution is 9.10. The molecule has 0 aromatic heterocycles. The Bertz CT molecular complexity index is 1190. The Kier molecular flexibility index (Phi) is 7.59. The lowest BCUT2D eigenvalue weighted by molar-refractivity contribution is -0.112. The standard InChI is InChI=1S/C23H15BrCl2N2O3/c24-19-10-14(2-8-22(19)31-13-15-1-7-20(25)21(26)11-15)9-16(12-27)23(30)28-17-3-5-18(29)6-4-17/h1-11,29H,13H2,(H,28,30)/b16-9+. The second-order valence-electron chi connectivity index (χ2n) is 6.40. The minimum absolute atomic E-state index is 0.0653. The monoisotopic (exact) mass is 516 g/mol. The molecule has 0 aliphatic carbocycles. The normalized spacial score (nSPS) is 11.0. The third kappa shape index (κ3) is 6.25. The molecule has 0 aliphatic heterocycles. The van der Waals surface area contributed by atoms with Gasteiger partial charge in [-0.05, 0) is 81.7 Å². The summed E-state index contributed by atoms with van der Waals surface area (Å²) < 4.78 is 6.47. The summed E-state index contributed by atoms with van der Waals surface area (Å²) in [5.41, 5.74) is 1.91. The van der Waals surface area contributed by atoms with Crippen LogP contribution >= 0.6 is 39.1 Å². The van der Waals surface area contributed by atoms with Gasteiger partial charge in [-0.25, -0.2) is 0 Å². The first-order valence-electron chi connectivity index (χ1n) is 8.94. The zero-order valence-corrected chi connectivity index (χ0v) is 19.0. The lowest BCUT2D eigenvalue weighted by Gasteiger charge is -2.10. The summed E-state index contributed by atoms with van der Waals surface area (Å²) >= 11 is 15.4. The highest BCUT2D eigenvalue weighted by atomic mass is 79.9. The number of rotatable bonds is 6. The van der Waals surface area contributed by atoms with Crippen molar-refractivity contribution in [3.8, 4) is 17.6 Å². The molecule has 3 rings (SSSR count). The van der Waals surface area contributed by atoms with Gasteiger partial charge in [-0.1, -0.05) is 35.3 Å². The van der Waals surface area contributed by atoms with Gasteiger partial charge in [-0.2, -0.15) is 5.26 Å². The molecule has 2 N–H and O–H groups in total. The topological polar surface area (TPSA) is 82.3 Å². The maximum absolute atomic E-state index is 12.4. The molecule has 0 heterocycles. The molecule has 0 saturated carbocycles. The SMILES string of the molecule is N#C/C(=C\c1ccc(OCc2ccc(Cl)c(Cl)c2)c(Br)c1)C(=O)Nc1ccc(O)cc1. The van der Waals surface area contributed by atoms with Crippen molar-refractivity contribution in [2.24, 2.45) is 0 Å². The van der Waals surface area contributed by atoms with Crippen molar-refractivity contribution in [2.75, 3.05) is 5.32 Å². The zero-order chi connectivity index (χ0) is 22.4. The largest absolute Gasteiger partial charge is 0.508 e. The van der Waals surface area contributed by atoms with Gasteiger partial charge >= 0.3 is 0 Å². The van der Waals surface area contributed by atoms with Gasteiger partial charge in [-0.3, -0.25) is 4.79 Å². The van der Waals surface area contributed by atoms with Crippen LogP contribution in [0.5, 0.6) is 11.5 Å². The molecule has 1 amide bonds. The van der Waals surface area contributed by atoms with Gasteiger partial charge in [0, 0.05) is 5.69 Å². The maximum Gasteiger partial charge on any atom is 0.266 e. The van der Waals surface area contributed by atoms with Crippen molar-refractivity contribution in [1.82, 2.24) is 0 Å². The molecule has 0 aliphatic rings. The second kappa shape index (κ2) is 10.4. The molecule has 3 aromatic rings. The van der Waals surface area contributed by atoms with Gasteiger partial charge in [-0.15, -0.1) is 0 Å². The van der Waals surface area contributed by atoms with Crippen molar-refractivity contribution in [2.45, 2.75) is 6.61 Å². The number of amides is 1. The Morgan fingerprint density at radius 1 is 1.10 bits per heavy atom. The van der Waals surface area contributed by atoms with E-state index in [4.69, 9.17) is 27.9 Å². The molecule has 0 unspecified atom stereocenters. The van der Waals surface area contributed by atoms with Gasteiger partial charge in [0.05, 0.1) is 14.5 Å². The van der Waals surface area contributed by atoms with Gasteiger partial charge in [0.15, 0.2) is 0 Å². The minimum atomic E-state index is -0.552. The number of aromatic hydroxyl groups is 1. The number of phenolic OH excluding ortho intramolecular Hbond substituents is 1. The summed E-state index contributed by atoms with van der Waals surface area (Å²) in [4.78, 5) is 12.4. The lowest BCUT2D eigenvalue weighted by atomic mass is 10.1. The number of carbonyl (C=O) groups excluding carboxylic acids is 1. The highest BCUT2D eigenvalue weighted by Crippen LogP contribution is 2.29. The van der Waals surface area contributed by atoms with E-state index in [1.54, 1.807) is 42.5 Å². The van der Waals surface area contributed by atoms with Crippen molar-refractivity contribution < 1.29 is 14.6 Å². The molecule has 0 atom stereocenters. The van der Waals surface area contributed by atoms with Gasteiger partial charge in [0.25, 0.3) is 5.91 Å². The quantitative estimate of drug-likeness (QED) is 0.219. The van der Waals surface area contributed by atoms with Crippen LogP contribution in [0.25, 0.3) is 6.08 Å². The molecule has 0 spiro atoms. The summed E-state index contributed by atoms with van der Waals surface area (Å²) in [6, 6.07) is 18.4. The van der Waals surface area contributed by atoms with Crippen molar-refractivity contribution in [1.29, 1.82) is 5.26 Å². The number of phenols is 1. The molecule has 0 saturated heterocycles. The summed E-state index contributed by atoms with van der Waals surface area (Å²) in [5.74, 6) is 0.125. The third-order valence-corrected chi connectivity index (χ3v) is 5.49. The summed E-state index contributed by atoms with van der Waals surface area (Å²) in [6.07, 6.45) is 1.48. The van der Waals surface area contributed by atoms with Crippen molar-refractivity contribution in [3.05, 3.63) is 91.9 Å². The van der Waals surface area contributed by atoms with Crippen LogP contribution in [0.3, 0.4) is 0 Å². The first kappa shape index (κ1) is 22.7. The zero-order valence-electron chi connectivity index (χ0n) is 15.9. The van der Waals surface area contributed by atoms with E-state index in [2.05, 4.69) is 21.2 Å². The van der Waals surface area contributed by atoms with Gasteiger partial charge in [0.2, 0.25) is 0 Å². The molecular weight excluding hydrogens is 503 g/mol. The van der Waals surface area contributed by atoms with E-state index in [-0.39, 0.29) is 11.3 Å². The molecule has 31 heavy (non-hydrogen) atoms. The number of halogens is 3. The number of hydrogen-bond acceptors (Lipinski definition) is 4. The van der Waals surface area contributed by atoms with E-state index >= 15 is 0 Å². The van der Waals surface area contributed by atoms with Crippen LogP contribution < -0.4 is 10.1 Å². The van der Waals surface area contributed by atoms with Crippen molar-refractivity contribution >= 4 is 56.8 Å². The van der Waals surface area contributed by atoms with Crippen LogP contribution in [0.15, 0.2) is 70.7 Å². The van der Waals surface area contributed by atoms with Crippen LogP contribution in [0.2, 0.25) is 10.0 Å². The molecule has 0 radical (unpaired) electrons. The van der Waals surface area contributed by atoms with Crippen molar-refractivity contribution in [3.63, 3.8) is 0 Å². The first-order valence-corrected chi connectivity index (χ1v) is 10.5. The number of ether oxygens (including phenoxy) is 1. The average Bonchev–Trinajstić information content (AvgIpc) is 2.75. The highest BCUT2D eigenvalue weighted by Gasteiger charge is 2.11. The molecule has 0 bridgehead atoms. The summed E-state index contributed by atoms with van der Waals surface area (Å²) in [6.45, 7) is 0.295. The number of nitrogens with zero attached hydrogens (tertiary/aromatic N) is 1. The summed E-state index contributed by atoms with van der Waals surface area (Å²) in [7, 11) is 0. The smallest absolute Gasteiger partial charge is 0.266 e. The maximum atomic E-state index is 12.4. The van der Waals surface area contributed by atoms with Gasteiger partial charge in [0.1, 0.15) is 29.7 Å². The molecular formula is C23H15BrCl2N2O3. The van der Waals surface area contributed by atoms with E-state index in [9.17, 15) is 15.2 Å². The predicted molar refractivity (Wildman–Crippen MR) is 125 cm³/mol. The number of hydrogen-bond donors (Lipinski definition) is 2. The fraction of sp³-hybridized carbons (Fsp3) is 0.0435. The molecule has 8 heteroatoms. The fourth-order valence-corrected chi connectivity index (χ4v) is 3.40. The molecule has 0 fully saturated rings. The predicted octanol–water partition coefficient (Wildman–Crippen LogP) is 6.59. The number of anilines is 1. The third-order valence-electron chi connectivity index (χ3n) is 4.14. The second-order valence-corrected chi connectivity index (χ2v) is 8.07. The van der Waals surface area contributed by atoms with E-state index in [1.165, 1.54) is 18.2 Å². The Morgan fingerprint density at radius 2 is 1.84 bits per heavy atom. The lowest BCUT2D eigenvalue weighted by Crippen LogP contribution is -2.13. The van der Waals surface area contributed by atoms with Gasteiger partial charge < -0.3 is 15.2 Å². The van der Waals surface area contributed by atoms with Crippen LogP contribution in [0.4, 0.5) is 5.69 Å².